The number of ether oxygens (including phenoxy) is 1. The van der Waals surface area contributed by atoms with Gasteiger partial charge >= 0.3 is 6.36 Å². The molecule has 0 spiro atoms. The zero-order chi connectivity index (χ0) is 21.8. The first-order valence-electron chi connectivity index (χ1n) is 9.14. The molecule has 3 rings (SSSR count). The van der Waals surface area contributed by atoms with Gasteiger partial charge in [-0.05, 0) is 43.2 Å². The van der Waals surface area contributed by atoms with E-state index in [0.717, 1.165) is 18.9 Å². The van der Waals surface area contributed by atoms with Crippen LogP contribution in [0.15, 0.2) is 53.4 Å². The van der Waals surface area contributed by atoms with Gasteiger partial charge in [-0.1, -0.05) is 18.2 Å². The first kappa shape index (κ1) is 21.9. The Labute approximate surface area is 171 Å². The van der Waals surface area contributed by atoms with Gasteiger partial charge in [-0.15, -0.1) is 13.2 Å². The molecule has 2 aromatic carbocycles. The second-order valence-corrected chi connectivity index (χ2v) is 8.52. The van der Waals surface area contributed by atoms with Crippen molar-refractivity contribution in [1.29, 1.82) is 0 Å². The number of amides is 1. The molecule has 1 fully saturated rings. The summed E-state index contributed by atoms with van der Waals surface area (Å²) in [7, 11) is -3.63. The fourth-order valence-corrected chi connectivity index (χ4v) is 4.58. The molecular formula is C19H20F3N3O4S. The lowest BCUT2D eigenvalue weighted by Crippen LogP contribution is -2.28. The Morgan fingerprint density at radius 2 is 1.77 bits per heavy atom. The van der Waals surface area contributed by atoms with Crippen molar-refractivity contribution in [2.75, 3.05) is 30.3 Å². The molecule has 162 valence electrons. The number of halogens is 3. The number of hydrogen-bond acceptors (Lipinski definition) is 5. The number of alkyl halides is 3. The van der Waals surface area contributed by atoms with E-state index in [1.165, 1.54) is 46.8 Å². The molecule has 0 unspecified atom stereocenters. The lowest BCUT2D eigenvalue weighted by atomic mass is 10.3. The third-order valence-corrected chi connectivity index (χ3v) is 6.27. The summed E-state index contributed by atoms with van der Waals surface area (Å²) in [4.78, 5) is 12.3. The number of rotatable bonds is 7. The lowest BCUT2D eigenvalue weighted by molar-refractivity contribution is -0.274. The van der Waals surface area contributed by atoms with Crippen LogP contribution >= 0.6 is 0 Å². The molecule has 1 aliphatic heterocycles. The van der Waals surface area contributed by atoms with Crippen molar-refractivity contribution in [2.24, 2.45) is 0 Å². The number of benzene rings is 2. The highest BCUT2D eigenvalue weighted by atomic mass is 32.2. The fourth-order valence-electron chi connectivity index (χ4n) is 3.02. The monoisotopic (exact) mass is 443 g/mol. The third-order valence-electron chi connectivity index (χ3n) is 4.37. The maximum atomic E-state index is 12.6. The van der Waals surface area contributed by atoms with Gasteiger partial charge in [0.1, 0.15) is 0 Å². The Morgan fingerprint density at radius 1 is 1.07 bits per heavy atom. The van der Waals surface area contributed by atoms with E-state index in [2.05, 4.69) is 15.4 Å². The number of nitrogens with one attached hydrogen (secondary N) is 2. The number of para-hydroxylation sites is 2. The molecule has 0 aromatic heterocycles. The molecule has 0 radical (unpaired) electrons. The van der Waals surface area contributed by atoms with Crippen LogP contribution in [0, 0.1) is 0 Å². The molecule has 7 nitrogen and oxygen atoms in total. The summed E-state index contributed by atoms with van der Waals surface area (Å²) < 4.78 is 68.0. The standard InChI is InChI=1S/C19H20F3N3O4S/c20-19(21,22)29-17-9-2-1-8-16(17)23-13-18(26)24-14-6-5-7-15(12-14)30(27,28)25-10-3-4-11-25/h1-2,5-9,12,23H,3-4,10-11,13H2,(H,24,26). The maximum Gasteiger partial charge on any atom is 0.573 e. The molecule has 2 aromatic rings. The van der Waals surface area contributed by atoms with Gasteiger partial charge in [-0.25, -0.2) is 8.42 Å². The number of nitrogens with zero attached hydrogens (tertiary/aromatic N) is 1. The van der Waals surface area contributed by atoms with Gasteiger partial charge in [0.2, 0.25) is 15.9 Å². The number of sulfonamides is 1. The van der Waals surface area contributed by atoms with Crippen molar-refractivity contribution >= 4 is 27.3 Å². The molecular weight excluding hydrogens is 423 g/mol. The number of anilines is 2. The van der Waals surface area contributed by atoms with Gasteiger partial charge in [0.25, 0.3) is 0 Å². The van der Waals surface area contributed by atoms with Crippen LogP contribution < -0.4 is 15.4 Å². The van der Waals surface area contributed by atoms with Crippen molar-refractivity contribution in [1.82, 2.24) is 4.31 Å². The zero-order valence-electron chi connectivity index (χ0n) is 15.8. The van der Waals surface area contributed by atoms with Crippen LogP contribution in [0.5, 0.6) is 5.75 Å². The van der Waals surface area contributed by atoms with E-state index in [9.17, 15) is 26.4 Å². The van der Waals surface area contributed by atoms with E-state index in [1.807, 2.05) is 0 Å². The van der Waals surface area contributed by atoms with Crippen LogP contribution in [0.25, 0.3) is 0 Å². The van der Waals surface area contributed by atoms with Gasteiger partial charge in [0, 0.05) is 18.8 Å². The number of carbonyl (C=O) groups is 1. The van der Waals surface area contributed by atoms with Crippen LogP contribution in [0.4, 0.5) is 24.5 Å². The molecule has 0 atom stereocenters. The second kappa shape index (κ2) is 8.92. The Hall–Kier alpha value is -2.79. The van der Waals surface area contributed by atoms with Crippen LogP contribution in [0.1, 0.15) is 12.8 Å². The smallest absolute Gasteiger partial charge is 0.404 e. The van der Waals surface area contributed by atoms with Crippen LogP contribution in [-0.4, -0.2) is 44.6 Å². The summed E-state index contributed by atoms with van der Waals surface area (Å²) in [5, 5.41) is 5.12. The summed E-state index contributed by atoms with van der Waals surface area (Å²) >= 11 is 0. The lowest BCUT2D eigenvalue weighted by Gasteiger charge is -2.16. The minimum Gasteiger partial charge on any atom is -0.404 e. The number of carbonyl (C=O) groups excluding carboxylic acids is 1. The second-order valence-electron chi connectivity index (χ2n) is 6.58. The molecule has 1 heterocycles. The van der Waals surface area contributed by atoms with Gasteiger partial charge in [-0.2, -0.15) is 4.31 Å². The number of hydrogen-bond donors (Lipinski definition) is 2. The molecule has 2 N–H and O–H groups in total. The SMILES string of the molecule is O=C(CNc1ccccc1OC(F)(F)F)Nc1cccc(S(=O)(=O)N2CCCC2)c1. The molecule has 11 heteroatoms. The highest BCUT2D eigenvalue weighted by Gasteiger charge is 2.32. The summed E-state index contributed by atoms with van der Waals surface area (Å²) in [6, 6.07) is 11.2. The largest absolute Gasteiger partial charge is 0.573 e. The van der Waals surface area contributed by atoms with Crippen molar-refractivity contribution in [3.63, 3.8) is 0 Å². The normalized spacial score (nSPS) is 15.0. The summed E-state index contributed by atoms with van der Waals surface area (Å²) in [6.45, 7) is 0.575. The van der Waals surface area contributed by atoms with Gasteiger partial charge in [0.05, 0.1) is 17.1 Å². The van der Waals surface area contributed by atoms with Crippen molar-refractivity contribution in [3.8, 4) is 5.75 Å². The predicted octanol–water partition coefficient (Wildman–Crippen LogP) is 3.42. The van der Waals surface area contributed by atoms with Crippen molar-refractivity contribution in [3.05, 3.63) is 48.5 Å². The zero-order valence-corrected chi connectivity index (χ0v) is 16.6. The summed E-state index contributed by atoms with van der Waals surface area (Å²) in [5.74, 6) is -1.02. The van der Waals surface area contributed by atoms with Crippen molar-refractivity contribution < 1.29 is 31.1 Å². The van der Waals surface area contributed by atoms with Crippen LogP contribution in [0.3, 0.4) is 0 Å². The van der Waals surface area contributed by atoms with Crippen molar-refractivity contribution in [2.45, 2.75) is 24.1 Å². The molecule has 0 bridgehead atoms. The maximum absolute atomic E-state index is 12.6. The minimum absolute atomic E-state index is 0.00432. The molecule has 0 saturated carbocycles. The first-order chi connectivity index (χ1) is 14.1. The topological polar surface area (TPSA) is 87.7 Å². The Kier molecular flexibility index (Phi) is 6.52. The first-order valence-corrected chi connectivity index (χ1v) is 10.6. The molecule has 0 aliphatic carbocycles. The average Bonchev–Trinajstić information content (AvgIpc) is 3.22. The third kappa shape index (κ3) is 5.63. The average molecular weight is 443 g/mol. The highest BCUT2D eigenvalue weighted by molar-refractivity contribution is 7.89. The van der Waals surface area contributed by atoms with Crippen LogP contribution in [0.2, 0.25) is 0 Å². The van der Waals surface area contributed by atoms with E-state index >= 15 is 0 Å². The highest BCUT2D eigenvalue weighted by Crippen LogP contribution is 2.29. The molecule has 30 heavy (non-hydrogen) atoms. The predicted molar refractivity (Wildman–Crippen MR) is 105 cm³/mol. The summed E-state index contributed by atoms with van der Waals surface area (Å²) in [6.07, 6.45) is -3.25. The van der Waals surface area contributed by atoms with E-state index in [-0.39, 0.29) is 22.8 Å². The molecule has 1 saturated heterocycles. The Bertz CT molecular complexity index is 1010. The van der Waals surface area contributed by atoms with Gasteiger partial charge in [0.15, 0.2) is 5.75 Å². The quantitative estimate of drug-likeness (QED) is 0.685. The molecule has 1 aliphatic rings. The minimum atomic E-state index is -4.86. The Balaban J connectivity index is 1.64. The van der Waals surface area contributed by atoms with E-state index in [0.29, 0.717) is 13.1 Å². The summed E-state index contributed by atoms with van der Waals surface area (Å²) in [5.41, 5.74) is 0.261. The van der Waals surface area contributed by atoms with E-state index in [4.69, 9.17) is 0 Å². The van der Waals surface area contributed by atoms with E-state index < -0.39 is 28.0 Å². The fraction of sp³-hybridized carbons (Fsp3) is 0.316. The molecule has 1 amide bonds. The van der Waals surface area contributed by atoms with Crippen LogP contribution in [-0.2, 0) is 14.8 Å². The van der Waals surface area contributed by atoms with E-state index in [1.54, 1.807) is 0 Å². The van der Waals surface area contributed by atoms with Gasteiger partial charge in [-0.3, -0.25) is 4.79 Å². The Morgan fingerprint density at radius 3 is 2.47 bits per heavy atom. The van der Waals surface area contributed by atoms with Gasteiger partial charge < -0.3 is 15.4 Å².